The van der Waals surface area contributed by atoms with Crippen molar-refractivity contribution in [2.45, 2.75) is 44.2 Å². The molecule has 3 aliphatic rings. The van der Waals surface area contributed by atoms with Crippen LogP contribution in [0.25, 0.3) is 10.9 Å². The molecule has 7 rings (SSSR count). The molecule has 3 fully saturated rings. The van der Waals surface area contributed by atoms with Gasteiger partial charge in [-0.1, -0.05) is 42.5 Å². The van der Waals surface area contributed by atoms with E-state index >= 15 is 0 Å². The van der Waals surface area contributed by atoms with Gasteiger partial charge in [-0.2, -0.15) is 0 Å². The van der Waals surface area contributed by atoms with Gasteiger partial charge in [-0.05, 0) is 60.7 Å². The number of carbonyl (C=O) groups is 3. The molecule has 2 saturated heterocycles. The first-order chi connectivity index (χ1) is 20.5. The van der Waals surface area contributed by atoms with Crippen LogP contribution in [0.5, 0.6) is 17.2 Å². The molecule has 3 heterocycles. The van der Waals surface area contributed by atoms with Crippen LogP contribution in [-0.2, 0) is 22.4 Å². The van der Waals surface area contributed by atoms with Crippen molar-refractivity contribution < 1.29 is 23.9 Å². The Morgan fingerprint density at radius 3 is 2.26 bits per heavy atom. The van der Waals surface area contributed by atoms with E-state index in [4.69, 9.17) is 9.47 Å². The number of fused-ring (bicyclic) bond motifs is 3. The number of pyridine rings is 1. The molecule has 1 aliphatic carbocycles. The van der Waals surface area contributed by atoms with E-state index in [1.165, 1.54) is 0 Å². The van der Waals surface area contributed by atoms with Crippen molar-refractivity contribution in [3.8, 4) is 17.2 Å². The number of ether oxygens (including phenoxy) is 2. The van der Waals surface area contributed by atoms with Gasteiger partial charge in [-0.25, -0.2) is 4.79 Å². The first-order valence-electron chi connectivity index (χ1n) is 14.4. The lowest BCUT2D eigenvalue weighted by Gasteiger charge is -2.26. The molecule has 1 aromatic heterocycles. The lowest BCUT2D eigenvalue weighted by Crippen LogP contribution is -2.47. The Morgan fingerprint density at radius 1 is 0.881 bits per heavy atom. The highest BCUT2D eigenvalue weighted by Gasteiger charge is 2.54. The van der Waals surface area contributed by atoms with Crippen LogP contribution in [0.2, 0.25) is 0 Å². The SMILES string of the molecule is O=C(Oc1ccc2c(Oc3ccc(CC(=O)C4(C(=O)Cc5ccccc5)CC4)cc3)ccnc2c1)N1C[C@H]2C[C@@H]1CN2. The zero-order valence-electron chi connectivity index (χ0n) is 23.1. The van der Waals surface area contributed by atoms with E-state index < -0.39 is 5.41 Å². The quantitative estimate of drug-likeness (QED) is 0.278. The van der Waals surface area contributed by atoms with Gasteiger partial charge in [0.25, 0.3) is 0 Å². The number of likely N-dealkylation sites (tertiary alicyclic amines) is 1. The summed E-state index contributed by atoms with van der Waals surface area (Å²) >= 11 is 0. The van der Waals surface area contributed by atoms with Crippen LogP contribution in [0.4, 0.5) is 4.79 Å². The number of rotatable bonds is 9. The summed E-state index contributed by atoms with van der Waals surface area (Å²) in [4.78, 5) is 45.1. The molecule has 0 unspecified atom stereocenters. The molecule has 2 aliphatic heterocycles. The van der Waals surface area contributed by atoms with E-state index in [1.54, 1.807) is 29.3 Å². The molecule has 2 atom stereocenters. The minimum absolute atomic E-state index is 0.0114. The topological polar surface area (TPSA) is 97.8 Å². The van der Waals surface area contributed by atoms with E-state index in [0.29, 0.717) is 54.6 Å². The number of amides is 1. The molecule has 42 heavy (non-hydrogen) atoms. The van der Waals surface area contributed by atoms with Crippen LogP contribution in [-0.4, -0.2) is 52.7 Å². The third kappa shape index (κ3) is 5.14. The second kappa shape index (κ2) is 10.7. The lowest BCUT2D eigenvalue weighted by molar-refractivity contribution is -0.133. The van der Waals surface area contributed by atoms with Crippen LogP contribution >= 0.6 is 0 Å². The summed E-state index contributed by atoms with van der Waals surface area (Å²) in [6, 6.07) is 24.7. The summed E-state index contributed by atoms with van der Waals surface area (Å²) in [7, 11) is 0. The summed E-state index contributed by atoms with van der Waals surface area (Å²) < 4.78 is 11.8. The van der Waals surface area contributed by atoms with Crippen LogP contribution in [0, 0.1) is 5.41 Å². The molecule has 0 radical (unpaired) electrons. The average Bonchev–Trinajstić information content (AvgIpc) is 3.55. The minimum Gasteiger partial charge on any atom is -0.457 e. The van der Waals surface area contributed by atoms with Crippen molar-refractivity contribution in [1.82, 2.24) is 15.2 Å². The molecule has 3 aromatic carbocycles. The van der Waals surface area contributed by atoms with E-state index in [-0.39, 0.29) is 30.1 Å². The van der Waals surface area contributed by atoms with Crippen molar-refractivity contribution in [1.29, 1.82) is 0 Å². The first-order valence-corrected chi connectivity index (χ1v) is 14.4. The third-order valence-electron chi connectivity index (χ3n) is 8.71. The van der Waals surface area contributed by atoms with Crippen molar-refractivity contribution >= 4 is 28.6 Å². The number of aromatic nitrogens is 1. The summed E-state index contributed by atoms with van der Waals surface area (Å²) in [6.07, 6.45) is 4.07. The number of Topliss-reactive ketones (excluding diaryl/α,β-unsaturated/α-hetero) is 2. The molecule has 4 aromatic rings. The van der Waals surface area contributed by atoms with Crippen molar-refractivity contribution in [2.75, 3.05) is 13.1 Å². The fraction of sp³-hybridized carbons (Fsp3) is 0.294. The van der Waals surface area contributed by atoms with Gasteiger partial charge in [0.1, 0.15) is 17.2 Å². The Hall–Kier alpha value is -4.56. The van der Waals surface area contributed by atoms with Crippen molar-refractivity contribution in [3.05, 3.63) is 96.2 Å². The number of ketones is 2. The van der Waals surface area contributed by atoms with Crippen LogP contribution in [0.15, 0.2) is 85.1 Å². The highest BCUT2D eigenvalue weighted by Crippen LogP contribution is 2.48. The molecular weight excluding hydrogens is 530 g/mol. The van der Waals surface area contributed by atoms with E-state index in [0.717, 1.165) is 29.5 Å². The van der Waals surface area contributed by atoms with Crippen LogP contribution in [0.1, 0.15) is 30.4 Å². The molecular formula is C34H31N3O5. The molecule has 1 amide bonds. The smallest absolute Gasteiger partial charge is 0.415 e. The predicted octanol–water partition coefficient (Wildman–Crippen LogP) is 5.28. The molecule has 8 nitrogen and oxygen atoms in total. The van der Waals surface area contributed by atoms with Crippen molar-refractivity contribution in [3.63, 3.8) is 0 Å². The van der Waals surface area contributed by atoms with Gasteiger partial charge in [-0.3, -0.25) is 14.6 Å². The van der Waals surface area contributed by atoms with Gasteiger partial charge < -0.3 is 19.7 Å². The Kier molecular flexibility index (Phi) is 6.70. The van der Waals surface area contributed by atoms with Gasteiger partial charge in [0.15, 0.2) is 11.6 Å². The monoisotopic (exact) mass is 561 g/mol. The second-order valence-corrected chi connectivity index (χ2v) is 11.5. The average molecular weight is 562 g/mol. The van der Waals surface area contributed by atoms with Gasteiger partial charge in [0.05, 0.1) is 10.9 Å². The Labute approximate surface area is 243 Å². The van der Waals surface area contributed by atoms with Gasteiger partial charge in [-0.15, -0.1) is 0 Å². The minimum atomic E-state index is -0.834. The summed E-state index contributed by atoms with van der Waals surface area (Å²) in [5.74, 6) is 1.68. The Balaban J connectivity index is 0.990. The Bertz CT molecular complexity index is 1670. The fourth-order valence-electron chi connectivity index (χ4n) is 6.14. The van der Waals surface area contributed by atoms with E-state index in [2.05, 4.69) is 10.3 Å². The number of nitrogens with zero attached hydrogens (tertiary/aromatic N) is 2. The summed E-state index contributed by atoms with van der Waals surface area (Å²) in [5, 5.41) is 4.17. The molecule has 1 saturated carbocycles. The number of carbonyl (C=O) groups excluding carboxylic acids is 3. The number of nitrogens with one attached hydrogen (secondary N) is 1. The van der Waals surface area contributed by atoms with Crippen molar-refractivity contribution in [2.24, 2.45) is 5.41 Å². The largest absolute Gasteiger partial charge is 0.457 e. The molecule has 212 valence electrons. The third-order valence-corrected chi connectivity index (χ3v) is 8.71. The number of hydrogen-bond donors (Lipinski definition) is 1. The zero-order valence-corrected chi connectivity index (χ0v) is 23.1. The maximum Gasteiger partial charge on any atom is 0.415 e. The Morgan fingerprint density at radius 2 is 1.60 bits per heavy atom. The van der Waals surface area contributed by atoms with E-state index in [9.17, 15) is 14.4 Å². The predicted molar refractivity (Wildman–Crippen MR) is 157 cm³/mol. The van der Waals surface area contributed by atoms with Gasteiger partial charge >= 0.3 is 6.09 Å². The lowest BCUT2D eigenvalue weighted by atomic mass is 9.88. The molecule has 2 bridgehead atoms. The standard InChI is InChI=1S/C34H31N3O5/c38-31(16-22-4-2-1-3-5-22)34(13-14-34)32(39)17-23-6-8-26(9-7-23)41-30-12-15-35-29-19-27(10-11-28(29)30)42-33(40)37-21-24-18-25(37)20-36-24/h1-12,15,19,24-25,36H,13-14,16-18,20-21H2/t24-,25-/m1/s1. The first kappa shape index (κ1) is 26.3. The molecule has 0 spiro atoms. The number of benzene rings is 3. The van der Waals surface area contributed by atoms with Crippen LogP contribution in [0.3, 0.4) is 0 Å². The molecule has 8 heteroatoms. The number of piperazine rings is 1. The van der Waals surface area contributed by atoms with Crippen LogP contribution < -0.4 is 14.8 Å². The fourth-order valence-corrected chi connectivity index (χ4v) is 6.14. The highest BCUT2D eigenvalue weighted by atomic mass is 16.6. The maximum atomic E-state index is 13.2. The zero-order chi connectivity index (χ0) is 28.7. The normalized spacial score (nSPS) is 20.0. The second-order valence-electron chi connectivity index (χ2n) is 11.5. The maximum absolute atomic E-state index is 13.2. The summed E-state index contributed by atoms with van der Waals surface area (Å²) in [5.41, 5.74) is 1.61. The molecule has 1 N–H and O–H groups in total. The van der Waals surface area contributed by atoms with Gasteiger partial charge in [0, 0.05) is 55.7 Å². The van der Waals surface area contributed by atoms with Gasteiger partial charge in [0.2, 0.25) is 0 Å². The van der Waals surface area contributed by atoms with E-state index in [1.807, 2.05) is 60.7 Å². The highest BCUT2D eigenvalue weighted by molar-refractivity contribution is 6.10. The summed E-state index contributed by atoms with van der Waals surface area (Å²) in [6.45, 7) is 1.49. The number of hydrogen-bond acceptors (Lipinski definition) is 7.